The van der Waals surface area contributed by atoms with Crippen LogP contribution in [0.25, 0.3) is 0 Å². The van der Waals surface area contributed by atoms with Gasteiger partial charge in [0.1, 0.15) is 5.03 Å². The number of amides is 1. The second-order valence-corrected chi connectivity index (χ2v) is 6.36. The number of nitrogens with one attached hydrogen (secondary N) is 2. The summed E-state index contributed by atoms with van der Waals surface area (Å²) in [4.78, 5) is 41.7. The van der Waals surface area contributed by atoms with Crippen molar-refractivity contribution in [3.8, 4) is 0 Å². The van der Waals surface area contributed by atoms with Gasteiger partial charge in [-0.05, 0) is 26.3 Å². The van der Waals surface area contributed by atoms with Gasteiger partial charge in [-0.3, -0.25) is 9.59 Å². The number of nitrogens with zero attached hydrogens (tertiary/aromatic N) is 1. The summed E-state index contributed by atoms with van der Waals surface area (Å²) in [6, 6.07) is 9.49. The fourth-order valence-electron chi connectivity index (χ4n) is 2.32. The largest absolute Gasteiger partial charge is 0.349 e. The van der Waals surface area contributed by atoms with Gasteiger partial charge in [-0.1, -0.05) is 42.1 Å². The van der Waals surface area contributed by atoms with Crippen molar-refractivity contribution >= 4 is 23.5 Å². The molecule has 7 heteroatoms. The van der Waals surface area contributed by atoms with Crippen molar-refractivity contribution < 1.29 is 9.59 Å². The third-order valence-electron chi connectivity index (χ3n) is 3.46. The molecule has 0 spiro atoms. The predicted molar refractivity (Wildman–Crippen MR) is 93.3 cm³/mol. The predicted octanol–water partition coefficient (Wildman–Crippen LogP) is 2.25. The van der Waals surface area contributed by atoms with E-state index in [4.69, 9.17) is 0 Å². The zero-order valence-corrected chi connectivity index (χ0v) is 14.6. The van der Waals surface area contributed by atoms with E-state index in [0.717, 1.165) is 17.3 Å². The molecule has 0 aliphatic heterocycles. The average Bonchev–Trinajstić information content (AvgIpc) is 2.52. The second-order valence-electron chi connectivity index (χ2n) is 5.39. The molecule has 2 aromatic rings. The monoisotopic (exact) mass is 345 g/mol. The highest BCUT2D eigenvalue weighted by Crippen LogP contribution is 2.21. The molecule has 1 aromatic carbocycles. The first-order chi connectivity index (χ1) is 11.4. The van der Waals surface area contributed by atoms with Gasteiger partial charge in [0.2, 0.25) is 5.91 Å². The molecule has 0 radical (unpaired) electrons. The fraction of sp³-hybridized carbons (Fsp3) is 0.294. The zero-order chi connectivity index (χ0) is 17.7. The van der Waals surface area contributed by atoms with Crippen LogP contribution in [-0.4, -0.2) is 27.4 Å². The van der Waals surface area contributed by atoms with Crippen LogP contribution in [0.2, 0.25) is 0 Å². The summed E-state index contributed by atoms with van der Waals surface area (Å²) in [7, 11) is 0. The van der Waals surface area contributed by atoms with E-state index in [0.29, 0.717) is 11.3 Å². The van der Waals surface area contributed by atoms with Crippen molar-refractivity contribution in [3.05, 3.63) is 57.6 Å². The highest BCUT2D eigenvalue weighted by Gasteiger charge is 2.16. The normalized spacial score (nSPS) is 11.8. The van der Waals surface area contributed by atoms with Gasteiger partial charge in [0.05, 0.1) is 17.4 Å². The molecule has 1 atom stereocenters. The summed E-state index contributed by atoms with van der Waals surface area (Å²) in [5.41, 5.74) is 1.29. The Morgan fingerprint density at radius 1 is 1.29 bits per heavy atom. The molecular weight excluding hydrogens is 326 g/mol. The second kappa shape index (κ2) is 7.92. The molecule has 6 nitrogen and oxygen atoms in total. The molecule has 126 valence electrons. The first kappa shape index (κ1) is 17.9. The van der Waals surface area contributed by atoms with Gasteiger partial charge in [-0.25, -0.2) is 4.79 Å². The highest BCUT2D eigenvalue weighted by molar-refractivity contribution is 8.00. The minimum absolute atomic E-state index is 0.0767. The Kier molecular flexibility index (Phi) is 5.92. The average molecular weight is 345 g/mol. The summed E-state index contributed by atoms with van der Waals surface area (Å²) < 4.78 is 0. The lowest BCUT2D eigenvalue weighted by Gasteiger charge is -2.14. The lowest BCUT2D eigenvalue weighted by atomic mass is 10.1. The van der Waals surface area contributed by atoms with Crippen molar-refractivity contribution in [2.75, 3.05) is 5.75 Å². The Morgan fingerprint density at radius 3 is 2.58 bits per heavy atom. The van der Waals surface area contributed by atoms with Crippen LogP contribution in [0.4, 0.5) is 0 Å². The van der Waals surface area contributed by atoms with Crippen LogP contribution in [0, 0.1) is 6.92 Å². The van der Waals surface area contributed by atoms with E-state index < -0.39 is 5.69 Å². The number of aromatic amines is 1. The van der Waals surface area contributed by atoms with Crippen LogP contribution in [0.15, 0.2) is 40.2 Å². The van der Waals surface area contributed by atoms with Crippen LogP contribution < -0.4 is 11.0 Å². The van der Waals surface area contributed by atoms with E-state index >= 15 is 0 Å². The van der Waals surface area contributed by atoms with E-state index in [1.165, 1.54) is 6.92 Å². The number of hydrogen-bond acceptors (Lipinski definition) is 5. The molecule has 1 amide bonds. The standard InChI is InChI=1S/C17H19N3O3S/c1-10(13-7-5-4-6-8-13)18-14(22)9-24-16-15(12(3)21)11(2)19-17(23)20-16/h4-8,10H,9H2,1-3H3,(H,18,22)(H,19,20,23)/t10-/m0/s1. The van der Waals surface area contributed by atoms with Gasteiger partial charge in [0.25, 0.3) is 0 Å². The van der Waals surface area contributed by atoms with Crippen molar-refractivity contribution in [3.63, 3.8) is 0 Å². The number of Topliss-reactive ketones (excluding diaryl/α,β-unsaturated/α-hetero) is 1. The van der Waals surface area contributed by atoms with Gasteiger partial charge in [-0.15, -0.1) is 0 Å². The van der Waals surface area contributed by atoms with Gasteiger partial charge in [0, 0.05) is 5.69 Å². The van der Waals surface area contributed by atoms with Crippen LogP contribution in [-0.2, 0) is 4.79 Å². The number of aryl methyl sites for hydroxylation is 1. The molecule has 0 saturated heterocycles. The molecule has 0 aliphatic rings. The number of rotatable bonds is 6. The van der Waals surface area contributed by atoms with Crippen LogP contribution in [0.1, 0.15) is 41.5 Å². The molecule has 0 aliphatic carbocycles. The topological polar surface area (TPSA) is 91.9 Å². The number of H-pyrrole nitrogens is 1. The smallest absolute Gasteiger partial charge is 0.346 e. The summed E-state index contributed by atoms with van der Waals surface area (Å²) >= 11 is 1.09. The molecule has 0 fully saturated rings. The van der Waals surface area contributed by atoms with Crippen molar-refractivity contribution in [1.29, 1.82) is 0 Å². The molecule has 2 N–H and O–H groups in total. The quantitative estimate of drug-likeness (QED) is 0.476. The number of thioether (sulfide) groups is 1. The Hall–Kier alpha value is -2.41. The Labute approximate surface area is 144 Å². The maximum absolute atomic E-state index is 12.1. The molecule has 1 aromatic heterocycles. The number of hydrogen-bond donors (Lipinski definition) is 2. The van der Waals surface area contributed by atoms with Crippen molar-refractivity contribution in [2.45, 2.75) is 31.8 Å². The lowest BCUT2D eigenvalue weighted by Crippen LogP contribution is -2.28. The van der Waals surface area contributed by atoms with Crippen LogP contribution >= 0.6 is 11.8 Å². The van der Waals surface area contributed by atoms with Gasteiger partial charge in [0.15, 0.2) is 5.78 Å². The molecule has 1 heterocycles. The summed E-state index contributed by atoms with van der Waals surface area (Å²) in [6.45, 7) is 4.94. The third kappa shape index (κ3) is 4.55. The number of benzene rings is 1. The Morgan fingerprint density at radius 2 is 1.96 bits per heavy atom. The molecule has 2 rings (SSSR count). The summed E-state index contributed by atoms with van der Waals surface area (Å²) in [5, 5.41) is 3.17. The SMILES string of the molecule is CC(=O)c1c(SCC(=O)N[C@@H](C)c2ccccc2)nc(=O)[nH]c1C. The zero-order valence-electron chi connectivity index (χ0n) is 13.8. The minimum atomic E-state index is -0.530. The number of aromatic nitrogens is 2. The van der Waals surface area contributed by atoms with E-state index in [1.54, 1.807) is 6.92 Å². The van der Waals surface area contributed by atoms with Gasteiger partial charge in [-0.2, -0.15) is 4.98 Å². The van der Waals surface area contributed by atoms with E-state index in [9.17, 15) is 14.4 Å². The molecule has 24 heavy (non-hydrogen) atoms. The minimum Gasteiger partial charge on any atom is -0.349 e. The summed E-state index contributed by atoms with van der Waals surface area (Å²) in [5.74, 6) is -0.310. The highest BCUT2D eigenvalue weighted by atomic mass is 32.2. The third-order valence-corrected chi connectivity index (χ3v) is 4.43. The van der Waals surface area contributed by atoms with Crippen molar-refractivity contribution in [1.82, 2.24) is 15.3 Å². The lowest BCUT2D eigenvalue weighted by molar-refractivity contribution is -0.119. The molecular formula is C17H19N3O3S. The van der Waals surface area contributed by atoms with E-state index in [-0.39, 0.29) is 28.5 Å². The summed E-state index contributed by atoms with van der Waals surface area (Å²) in [6.07, 6.45) is 0. The Bertz CT molecular complexity index is 802. The molecule has 0 bridgehead atoms. The molecule has 0 unspecified atom stereocenters. The van der Waals surface area contributed by atoms with Crippen LogP contribution in [0.5, 0.6) is 0 Å². The van der Waals surface area contributed by atoms with Crippen LogP contribution in [0.3, 0.4) is 0 Å². The number of carbonyl (C=O) groups is 2. The maximum atomic E-state index is 12.1. The first-order valence-electron chi connectivity index (χ1n) is 7.47. The maximum Gasteiger partial charge on any atom is 0.346 e. The van der Waals surface area contributed by atoms with Gasteiger partial charge < -0.3 is 10.3 Å². The molecule has 0 saturated carbocycles. The van der Waals surface area contributed by atoms with Gasteiger partial charge >= 0.3 is 5.69 Å². The van der Waals surface area contributed by atoms with E-state index in [2.05, 4.69) is 15.3 Å². The fourth-order valence-corrected chi connectivity index (χ4v) is 3.26. The first-order valence-corrected chi connectivity index (χ1v) is 8.46. The number of carbonyl (C=O) groups excluding carboxylic acids is 2. The van der Waals surface area contributed by atoms with Crippen molar-refractivity contribution in [2.24, 2.45) is 0 Å². The van der Waals surface area contributed by atoms with E-state index in [1.807, 2.05) is 37.3 Å². The Balaban J connectivity index is 2.04. The number of ketones is 1.